The van der Waals surface area contributed by atoms with E-state index in [1.54, 1.807) is 13.8 Å². The van der Waals surface area contributed by atoms with Gasteiger partial charge in [0.1, 0.15) is 0 Å². The first-order chi connectivity index (χ1) is 4.39. The molecular weight excluding hydrogens is 213 g/mol. The van der Waals surface area contributed by atoms with Crippen molar-refractivity contribution in [3.05, 3.63) is 0 Å². The third kappa shape index (κ3) is 4.81. The van der Waals surface area contributed by atoms with Crippen LogP contribution in [0.4, 0.5) is 0 Å². The quantitative estimate of drug-likeness (QED) is 0.444. The molecule has 7 heteroatoms. The minimum Gasteiger partial charge on any atom is -0.273 e. The Balaban J connectivity index is 0. The van der Waals surface area contributed by atoms with Gasteiger partial charge in [-0.2, -0.15) is 12.7 Å². The van der Waals surface area contributed by atoms with E-state index in [-0.39, 0.29) is 24.5 Å². The van der Waals surface area contributed by atoms with E-state index in [2.05, 4.69) is 0 Å². The normalized spacial score (nSPS) is 11.8. The first-order valence-electron chi connectivity index (χ1n) is 2.69. The highest BCUT2D eigenvalue weighted by atomic mass is 35.5. The molecule has 0 rings (SSSR count). The Kier molecular flexibility index (Phi) is 6.57. The van der Waals surface area contributed by atoms with E-state index in [9.17, 15) is 8.42 Å². The Morgan fingerprint density at radius 1 is 1.55 bits per heavy atom. The number of halogens is 2. The van der Waals surface area contributed by atoms with Crippen molar-refractivity contribution >= 4 is 34.3 Å². The summed E-state index contributed by atoms with van der Waals surface area (Å²) in [5, 5.41) is 0. The highest BCUT2D eigenvalue weighted by Gasteiger charge is 2.20. The predicted octanol–water partition coefficient (Wildman–Crippen LogP) is 1.12. The van der Waals surface area contributed by atoms with Gasteiger partial charge in [-0.05, 0) is 13.8 Å². The van der Waals surface area contributed by atoms with Crippen molar-refractivity contribution in [2.45, 2.75) is 19.9 Å². The molecule has 0 saturated carbocycles. The summed E-state index contributed by atoms with van der Waals surface area (Å²) in [6.07, 6.45) is 0. The van der Waals surface area contributed by atoms with Gasteiger partial charge in [-0.1, -0.05) is 0 Å². The highest BCUT2D eigenvalue weighted by Crippen LogP contribution is 2.04. The largest absolute Gasteiger partial charge is 0.337 e. The minimum atomic E-state index is -4.11. The summed E-state index contributed by atoms with van der Waals surface area (Å²) in [6, 6.07) is -0.538. The number of alkyl halides is 1. The van der Waals surface area contributed by atoms with Crippen LogP contribution in [0.25, 0.3) is 0 Å². The van der Waals surface area contributed by atoms with Gasteiger partial charge < -0.3 is 0 Å². The van der Waals surface area contributed by atoms with Crippen LogP contribution in [0.1, 0.15) is 13.8 Å². The summed E-state index contributed by atoms with van der Waals surface area (Å²) in [7, 11) is -4.11. The number of hydrogen-bond acceptors (Lipinski definition) is 2. The van der Waals surface area contributed by atoms with E-state index >= 15 is 0 Å². The van der Waals surface area contributed by atoms with Crippen LogP contribution in [0.3, 0.4) is 0 Å². The topological polar surface area (TPSA) is 57.6 Å². The summed E-state index contributed by atoms with van der Waals surface area (Å²) in [4.78, 5) is 0. The third-order valence-corrected chi connectivity index (χ3v) is 2.53. The molecule has 0 spiro atoms. The van der Waals surface area contributed by atoms with Crippen molar-refractivity contribution in [2.24, 2.45) is 0 Å². The van der Waals surface area contributed by atoms with E-state index in [1.165, 1.54) is 0 Å². The van der Waals surface area contributed by atoms with Gasteiger partial charge in [0.05, 0.1) is 6.00 Å². The summed E-state index contributed by atoms with van der Waals surface area (Å²) < 4.78 is 30.0. The van der Waals surface area contributed by atoms with Crippen molar-refractivity contribution in [1.29, 1.82) is 0 Å². The molecule has 0 bridgehead atoms. The Morgan fingerprint density at radius 2 is 1.91 bits per heavy atom. The molecule has 0 aromatic rings. The lowest BCUT2D eigenvalue weighted by atomic mass is 10.4. The van der Waals surface area contributed by atoms with Gasteiger partial charge in [-0.15, -0.1) is 24.0 Å². The van der Waals surface area contributed by atoms with Crippen molar-refractivity contribution < 1.29 is 13.0 Å². The van der Waals surface area contributed by atoms with E-state index in [4.69, 9.17) is 16.2 Å². The van der Waals surface area contributed by atoms with Crippen molar-refractivity contribution in [1.82, 2.24) is 4.31 Å². The summed E-state index contributed by atoms with van der Waals surface area (Å²) >= 11 is 5.23. The van der Waals surface area contributed by atoms with Crippen LogP contribution in [0.2, 0.25) is 0 Å². The monoisotopic (exact) mass is 223 g/mol. The molecule has 0 atom stereocenters. The Hall–Kier alpha value is 0.450. The number of nitrogens with zero attached hydrogens (tertiary/aromatic N) is 1. The van der Waals surface area contributed by atoms with Gasteiger partial charge in [0.15, 0.2) is 0 Å². The maximum Gasteiger partial charge on any atom is 0.337 e. The third-order valence-electron chi connectivity index (χ3n) is 0.990. The van der Waals surface area contributed by atoms with Crippen molar-refractivity contribution in [3.63, 3.8) is 0 Å². The molecule has 0 saturated heterocycles. The fourth-order valence-corrected chi connectivity index (χ4v) is 1.77. The molecule has 0 heterocycles. The van der Waals surface area contributed by atoms with Crippen LogP contribution < -0.4 is 0 Å². The summed E-state index contributed by atoms with van der Waals surface area (Å²) in [5.41, 5.74) is 0. The van der Waals surface area contributed by atoms with Crippen molar-refractivity contribution in [3.8, 4) is 0 Å². The van der Waals surface area contributed by atoms with E-state index < -0.39 is 10.3 Å². The average Bonchev–Trinajstić information content (AvgIpc) is 1.60. The lowest BCUT2D eigenvalue weighted by molar-refractivity contribution is 0.340. The molecular formula is C4H11Cl2NO3S. The van der Waals surface area contributed by atoms with Gasteiger partial charge in [0, 0.05) is 6.04 Å². The number of rotatable bonds is 3. The van der Waals surface area contributed by atoms with Crippen LogP contribution in [0.15, 0.2) is 0 Å². The molecule has 1 N–H and O–H groups in total. The fourth-order valence-electron chi connectivity index (χ4n) is 0.466. The maximum atomic E-state index is 10.4. The molecule has 11 heavy (non-hydrogen) atoms. The summed E-state index contributed by atoms with van der Waals surface area (Å²) in [5.74, 6) is 0. The molecule has 0 fully saturated rings. The van der Waals surface area contributed by atoms with Crippen LogP contribution in [0, 0.1) is 0 Å². The first-order valence-corrected chi connectivity index (χ1v) is 4.63. The predicted molar refractivity (Wildman–Crippen MR) is 46.5 cm³/mol. The van der Waals surface area contributed by atoms with Gasteiger partial charge in [-0.25, -0.2) is 0 Å². The van der Waals surface area contributed by atoms with E-state index in [1.807, 2.05) is 0 Å². The zero-order chi connectivity index (χ0) is 8.36. The molecule has 0 radical (unpaired) electrons. The second-order valence-corrected chi connectivity index (χ2v) is 3.68. The smallest absolute Gasteiger partial charge is 0.273 e. The van der Waals surface area contributed by atoms with E-state index in [0.29, 0.717) is 0 Å². The van der Waals surface area contributed by atoms with E-state index in [0.717, 1.165) is 4.31 Å². The standard InChI is InChI=1S/C4H10ClNO3S.ClH/c1-4(2)6(3-5)10(7,8)9;/h4H,3H2,1-2H3,(H,7,8,9);1H. The van der Waals surface area contributed by atoms with Crippen LogP contribution in [-0.4, -0.2) is 29.3 Å². The number of hydrogen-bond donors (Lipinski definition) is 1. The molecule has 70 valence electrons. The van der Waals surface area contributed by atoms with Crippen molar-refractivity contribution in [2.75, 3.05) is 6.00 Å². The fraction of sp³-hybridized carbons (Fsp3) is 1.00. The van der Waals surface area contributed by atoms with Crippen LogP contribution in [-0.2, 0) is 10.3 Å². The lowest BCUT2D eigenvalue weighted by Gasteiger charge is -2.18. The van der Waals surface area contributed by atoms with Crippen LogP contribution in [0.5, 0.6) is 0 Å². The van der Waals surface area contributed by atoms with Gasteiger partial charge >= 0.3 is 10.3 Å². The molecule has 0 aromatic carbocycles. The lowest BCUT2D eigenvalue weighted by Crippen LogP contribution is -2.35. The Morgan fingerprint density at radius 3 is 1.91 bits per heavy atom. The van der Waals surface area contributed by atoms with Gasteiger partial charge in [-0.3, -0.25) is 4.55 Å². The van der Waals surface area contributed by atoms with Gasteiger partial charge in [0.25, 0.3) is 0 Å². The SMILES string of the molecule is CC(C)N(CCl)S(=O)(=O)O.Cl. The Bertz CT molecular complexity index is 192. The second-order valence-electron chi connectivity index (χ2n) is 2.08. The molecule has 0 amide bonds. The second kappa shape index (κ2) is 5.16. The molecule has 0 aliphatic carbocycles. The maximum absolute atomic E-state index is 10.4. The average molecular weight is 224 g/mol. The zero-order valence-electron chi connectivity index (χ0n) is 6.19. The zero-order valence-corrected chi connectivity index (χ0v) is 8.58. The minimum absolute atomic E-state index is 0. The summed E-state index contributed by atoms with van der Waals surface area (Å²) in [6.45, 7) is 3.24. The van der Waals surface area contributed by atoms with Crippen LogP contribution >= 0.6 is 24.0 Å². The first kappa shape index (κ1) is 14.0. The Labute approximate surface area is 77.8 Å². The molecule has 0 aliphatic heterocycles. The molecule has 0 aliphatic rings. The molecule has 0 aromatic heterocycles. The molecule has 4 nitrogen and oxygen atoms in total. The highest BCUT2D eigenvalue weighted by molar-refractivity contribution is 7.83. The van der Waals surface area contributed by atoms with Gasteiger partial charge in [0.2, 0.25) is 0 Å². The molecule has 0 unspecified atom stereocenters.